The van der Waals surface area contributed by atoms with E-state index in [0.29, 0.717) is 0 Å². The Morgan fingerprint density at radius 2 is 2.12 bits per heavy atom. The van der Waals surface area contributed by atoms with Gasteiger partial charge in [-0.3, -0.25) is 4.90 Å². The fourth-order valence-corrected chi connectivity index (χ4v) is 4.84. The van der Waals surface area contributed by atoms with Crippen LogP contribution in [0.3, 0.4) is 0 Å². The molecule has 3 heterocycles. The number of thioether (sulfide) groups is 1. The van der Waals surface area contributed by atoms with Gasteiger partial charge < -0.3 is 5.32 Å². The van der Waals surface area contributed by atoms with Crippen LogP contribution >= 0.6 is 11.8 Å². The van der Waals surface area contributed by atoms with Crippen molar-refractivity contribution in [1.29, 1.82) is 0 Å². The number of fused-ring (bicyclic) bond motifs is 1. The van der Waals surface area contributed by atoms with E-state index in [1.165, 1.54) is 50.9 Å². The maximum absolute atomic E-state index is 3.94. The highest BCUT2D eigenvalue weighted by Gasteiger charge is 2.37. The number of nitrogens with one attached hydrogen (secondary N) is 1. The van der Waals surface area contributed by atoms with Crippen molar-refractivity contribution in [2.75, 3.05) is 18.8 Å². The summed E-state index contributed by atoms with van der Waals surface area (Å²) >= 11 is 2.14. The number of hydrogen-bond donors (Lipinski definition) is 1. The number of piperidine rings is 1. The second-order valence-corrected chi connectivity index (χ2v) is 7.21. The summed E-state index contributed by atoms with van der Waals surface area (Å²) in [6.07, 6.45) is 7.09. The van der Waals surface area contributed by atoms with Crippen LogP contribution in [0.4, 0.5) is 0 Å². The quantitative estimate of drug-likeness (QED) is 0.796. The van der Waals surface area contributed by atoms with Gasteiger partial charge in [0.15, 0.2) is 0 Å². The van der Waals surface area contributed by atoms with Gasteiger partial charge in [0.2, 0.25) is 0 Å². The zero-order chi connectivity index (χ0) is 11.0. The topological polar surface area (TPSA) is 15.3 Å². The first-order valence-electron chi connectivity index (χ1n) is 6.94. The predicted octanol–water partition coefficient (Wildman–Crippen LogP) is 2.10. The van der Waals surface area contributed by atoms with Crippen LogP contribution in [0.2, 0.25) is 0 Å². The summed E-state index contributed by atoms with van der Waals surface area (Å²) in [7, 11) is 0. The molecule has 3 saturated heterocycles. The molecular weight excluding hydrogens is 216 g/mol. The minimum Gasteiger partial charge on any atom is -0.309 e. The molecule has 3 heteroatoms. The van der Waals surface area contributed by atoms with Crippen LogP contribution in [0.15, 0.2) is 0 Å². The molecule has 92 valence electrons. The molecule has 0 aromatic rings. The third-order valence-electron chi connectivity index (χ3n) is 4.50. The molecule has 1 N–H and O–H groups in total. The van der Waals surface area contributed by atoms with Crippen LogP contribution in [0.1, 0.15) is 39.0 Å². The van der Waals surface area contributed by atoms with Crippen LogP contribution in [-0.2, 0) is 0 Å². The lowest BCUT2D eigenvalue weighted by molar-refractivity contribution is 0.177. The summed E-state index contributed by atoms with van der Waals surface area (Å²) in [5, 5.41) is 4.82. The Labute approximate surface area is 104 Å². The molecule has 3 aliphatic rings. The molecule has 0 aromatic carbocycles. The average Bonchev–Trinajstić information content (AvgIpc) is 2.87. The highest BCUT2D eigenvalue weighted by atomic mass is 32.2. The molecule has 2 nitrogen and oxygen atoms in total. The Balaban J connectivity index is 1.55. The fourth-order valence-electron chi connectivity index (χ4n) is 3.68. The first-order chi connectivity index (χ1) is 7.83. The summed E-state index contributed by atoms with van der Waals surface area (Å²) in [5.41, 5.74) is 0. The Morgan fingerprint density at radius 3 is 2.94 bits per heavy atom. The normalized spacial score (nSPS) is 44.8. The first kappa shape index (κ1) is 11.4. The van der Waals surface area contributed by atoms with Crippen LogP contribution in [-0.4, -0.2) is 47.1 Å². The van der Waals surface area contributed by atoms with Crippen molar-refractivity contribution in [3.63, 3.8) is 0 Å². The molecule has 0 bridgehead atoms. The molecule has 16 heavy (non-hydrogen) atoms. The third-order valence-corrected chi connectivity index (χ3v) is 5.86. The molecule has 0 aliphatic carbocycles. The van der Waals surface area contributed by atoms with Gasteiger partial charge in [0.1, 0.15) is 0 Å². The highest BCUT2D eigenvalue weighted by Crippen LogP contribution is 2.30. The second kappa shape index (κ2) is 4.87. The van der Waals surface area contributed by atoms with E-state index >= 15 is 0 Å². The van der Waals surface area contributed by atoms with Gasteiger partial charge in [0.25, 0.3) is 0 Å². The summed E-state index contributed by atoms with van der Waals surface area (Å²) in [6, 6.07) is 2.47. The minimum absolute atomic E-state index is 0.798. The van der Waals surface area contributed by atoms with E-state index in [1.807, 2.05) is 0 Å². The molecule has 0 aromatic heterocycles. The lowest BCUT2D eigenvalue weighted by atomic mass is 9.98. The van der Waals surface area contributed by atoms with Gasteiger partial charge in [-0.1, -0.05) is 13.3 Å². The van der Waals surface area contributed by atoms with Crippen molar-refractivity contribution in [2.24, 2.45) is 0 Å². The highest BCUT2D eigenvalue weighted by molar-refractivity contribution is 8.00. The third kappa shape index (κ3) is 2.27. The van der Waals surface area contributed by atoms with Crippen LogP contribution < -0.4 is 5.32 Å². The Hall–Kier alpha value is 0.270. The zero-order valence-electron chi connectivity index (χ0n) is 10.3. The van der Waals surface area contributed by atoms with Crippen LogP contribution in [0.25, 0.3) is 0 Å². The average molecular weight is 240 g/mol. The van der Waals surface area contributed by atoms with Crippen molar-refractivity contribution in [3.05, 3.63) is 0 Å². The number of hydrogen-bond acceptors (Lipinski definition) is 3. The maximum atomic E-state index is 3.94. The van der Waals surface area contributed by atoms with Crippen molar-refractivity contribution in [3.8, 4) is 0 Å². The largest absolute Gasteiger partial charge is 0.309 e. The van der Waals surface area contributed by atoms with E-state index in [4.69, 9.17) is 0 Å². The van der Waals surface area contributed by atoms with E-state index in [9.17, 15) is 0 Å². The molecule has 3 rings (SSSR count). The van der Waals surface area contributed by atoms with E-state index in [-0.39, 0.29) is 0 Å². The monoisotopic (exact) mass is 240 g/mol. The predicted molar refractivity (Wildman–Crippen MR) is 71.1 cm³/mol. The summed E-state index contributed by atoms with van der Waals surface area (Å²) in [5.74, 6) is 1.34. The van der Waals surface area contributed by atoms with Crippen molar-refractivity contribution in [1.82, 2.24) is 10.2 Å². The number of nitrogens with zero attached hydrogens (tertiary/aromatic N) is 1. The van der Waals surface area contributed by atoms with E-state index in [0.717, 1.165) is 23.4 Å². The Kier molecular flexibility index (Phi) is 3.46. The van der Waals surface area contributed by atoms with Crippen LogP contribution in [0.5, 0.6) is 0 Å². The molecule has 3 fully saturated rings. The molecule has 0 amide bonds. The molecule has 4 unspecified atom stereocenters. The second-order valence-electron chi connectivity index (χ2n) is 5.74. The molecule has 0 radical (unpaired) electrons. The van der Waals surface area contributed by atoms with Crippen molar-refractivity contribution < 1.29 is 0 Å². The van der Waals surface area contributed by atoms with Gasteiger partial charge in [0.05, 0.1) is 0 Å². The van der Waals surface area contributed by atoms with Gasteiger partial charge in [-0.15, -0.1) is 0 Å². The Morgan fingerprint density at radius 1 is 1.19 bits per heavy atom. The lowest BCUT2D eigenvalue weighted by Gasteiger charge is -2.33. The van der Waals surface area contributed by atoms with E-state index < -0.39 is 0 Å². The smallest absolute Gasteiger partial charge is 0.0249 e. The van der Waals surface area contributed by atoms with Gasteiger partial charge in [-0.2, -0.15) is 11.8 Å². The van der Waals surface area contributed by atoms with E-state index in [2.05, 4.69) is 28.9 Å². The van der Waals surface area contributed by atoms with Gasteiger partial charge in [-0.25, -0.2) is 0 Å². The van der Waals surface area contributed by atoms with Gasteiger partial charge >= 0.3 is 0 Å². The molecule has 3 aliphatic heterocycles. The summed E-state index contributed by atoms with van der Waals surface area (Å²) in [4.78, 5) is 2.73. The van der Waals surface area contributed by atoms with E-state index in [1.54, 1.807) is 0 Å². The molecule has 0 spiro atoms. The van der Waals surface area contributed by atoms with Crippen LogP contribution in [0, 0.1) is 0 Å². The SMILES string of the molecule is CC1CC(NC2CCN3CCCCC23)CS1. The number of rotatable bonds is 2. The molecule has 4 atom stereocenters. The van der Waals surface area contributed by atoms with Crippen molar-refractivity contribution in [2.45, 2.75) is 62.4 Å². The van der Waals surface area contributed by atoms with Crippen molar-refractivity contribution >= 4 is 11.8 Å². The fraction of sp³-hybridized carbons (Fsp3) is 1.00. The van der Waals surface area contributed by atoms with Gasteiger partial charge in [0, 0.05) is 35.7 Å². The zero-order valence-corrected chi connectivity index (χ0v) is 11.1. The summed E-state index contributed by atoms with van der Waals surface area (Å²) in [6.45, 7) is 5.07. The standard InChI is InChI=1S/C13H24N2S/c1-10-8-11(9-16-10)14-12-5-7-15-6-3-2-4-13(12)15/h10-14H,2-9H2,1H3. The molecule has 0 saturated carbocycles. The Bertz CT molecular complexity index is 246. The summed E-state index contributed by atoms with van der Waals surface area (Å²) < 4.78 is 0. The maximum Gasteiger partial charge on any atom is 0.0249 e. The van der Waals surface area contributed by atoms with Gasteiger partial charge in [-0.05, 0) is 32.2 Å². The lowest BCUT2D eigenvalue weighted by Crippen LogP contribution is -2.48. The molecular formula is C13H24N2S. The minimum atomic E-state index is 0.798. The first-order valence-corrected chi connectivity index (χ1v) is 7.99.